The van der Waals surface area contributed by atoms with Gasteiger partial charge in [0.25, 0.3) is 11.8 Å². The van der Waals surface area contributed by atoms with Crippen molar-refractivity contribution in [2.45, 2.75) is 18.3 Å². The maximum absolute atomic E-state index is 12.5. The number of aliphatic carboxylic acids is 1. The highest BCUT2D eigenvalue weighted by atomic mass is 32.2. The van der Waals surface area contributed by atoms with Gasteiger partial charge in [0, 0.05) is 12.3 Å². The number of thioether (sulfide) groups is 1. The van der Waals surface area contributed by atoms with Gasteiger partial charge in [-0.15, -0.1) is 11.8 Å². The van der Waals surface area contributed by atoms with Crippen LogP contribution in [0.1, 0.15) is 6.92 Å². The number of hydroxylamine groups is 2. The zero-order valence-electron chi connectivity index (χ0n) is 14.5. The predicted molar refractivity (Wildman–Crippen MR) is 93.3 cm³/mol. The van der Waals surface area contributed by atoms with E-state index in [2.05, 4.69) is 0 Å². The van der Waals surface area contributed by atoms with E-state index in [1.54, 1.807) is 31.2 Å². The maximum atomic E-state index is 12.5. The first-order chi connectivity index (χ1) is 12.4. The molecule has 2 unspecified atom stereocenters. The minimum atomic E-state index is -0.986. The number of β-lactam (4-membered cyclic amide) rings is 1. The van der Waals surface area contributed by atoms with Crippen LogP contribution < -0.4 is 4.74 Å². The molecule has 8 nitrogen and oxygen atoms in total. The molecule has 1 aromatic rings. The molecule has 3 atom stereocenters. The minimum absolute atomic E-state index is 0.127. The van der Waals surface area contributed by atoms with Gasteiger partial charge in [0.15, 0.2) is 12.6 Å². The molecule has 9 heteroatoms. The number of carbonyl (C=O) groups excluding carboxylic acids is 2. The van der Waals surface area contributed by atoms with Crippen LogP contribution in [0.15, 0.2) is 30.3 Å². The summed E-state index contributed by atoms with van der Waals surface area (Å²) in [7, 11) is 1.32. The fourth-order valence-corrected chi connectivity index (χ4v) is 4.51. The number of para-hydroxylation sites is 1. The van der Waals surface area contributed by atoms with Gasteiger partial charge in [-0.05, 0) is 19.1 Å². The molecular weight excluding hydrogens is 360 g/mol. The van der Waals surface area contributed by atoms with Crippen molar-refractivity contribution in [3.05, 3.63) is 30.3 Å². The van der Waals surface area contributed by atoms with E-state index in [0.29, 0.717) is 11.5 Å². The standard InChI is InChI=1S/C17H20N2O6S/c1-17(16(22)23)9-18-14(21)13(15(18)26-10-17)19(24-2)12(20)8-25-11-6-4-3-5-7-11/h3-7,13,15H,8-10H2,1-2H3,(H,22,23)/t13?,15-,17?/m1/s1. The van der Waals surface area contributed by atoms with Crippen molar-refractivity contribution in [2.24, 2.45) is 5.41 Å². The number of amides is 2. The second kappa shape index (κ2) is 7.16. The van der Waals surface area contributed by atoms with Crippen molar-refractivity contribution >= 4 is 29.5 Å². The van der Waals surface area contributed by atoms with Gasteiger partial charge in [0.05, 0.1) is 12.5 Å². The second-order valence-corrected chi connectivity index (χ2v) is 7.59. The number of carbonyl (C=O) groups is 3. The third-order valence-corrected chi connectivity index (χ3v) is 6.18. The fraction of sp³-hybridized carbons (Fsp3) is 0.471. The van der Waals surface area contributed by atoms with Crippen LogP contribution in [0.3, 0.4) is 0 Å². The molecule has 2 fully saturated rings. The van der Waals surface area contributed by atoms with Crippen LogP contribution in [0.2, 0.25) is 0 Å². The van der Waals surface area contributed by atoms with Crippen LogP contribution >= 0.6 is 11.8 Å². The van der Waals surface area contributed by atoms with Gasteiger partial charge in [-0.2, -0.15) is 0 Å². The number of carboxylic acid groups (broad SMARTS) is 1. The average molecular weight is 380 g/mol. The van der Waals surface area contributed by atoms with E-state index in [1.165, 1.54) is 23.8 Å². The molecule has 2 aliphatic heterocycles. The Morgan fingerprint density at radius 2 is 2.08 bits per heavy atom. The molecule has 2 saturated heterocycles. The van der Waals surface area contributed by atoms with E-state index in [4.69, 9.17) is 9.57 Å². The molecule has 3 rings (SSSR count). The Morgan fingerprint density at radius 3 is 2.69 bits per heavy atom. The van der Waals surface area contributed by atoms with Crippen LogP contribution in [-0.4, -0.2) is 70.3 Å². The topological polar surface area (TPSA) is 96.4 Å². The monoisotopic (exact) mass is 380 g/mol. The SMILES string of the molecule is CON(C(=O)COc1ccccc1)C1C(=O)N2CC(C)(C(=O)O)CS[C@H]12. The molecule has 1 aromatic carbocycles. The Bertz CT molecular complexity index is 714. The van der Waals surface area contributed by atoms with Crippen molar-refractivity contribution in [1.29, 1.82) is 0 Å². The number of fused-ring (bicyclic) bond motifs is 1. The van der Waals surface area contributed by atoms with Crippen molar-refractivity contribution in [3.63, 3.8) is 0 Å². The quantitative estimate of drug-likeness (QED) is 0.577. The molecule has 0 aliphatic carbocycles. The number of hydrogen-bond donors (Lipinski definition) is 1. The highest BCUT2D eigenvalue weighted by Crippen LogP contribution is 2.43. The van der Waals surface area contributed by atoms with Gasteiger partial charge < -0.3 is 14.7 Å². The average Bonchev–Trinajstić information content (AvgIpc) is 2.65. The smallest absolute Gasteiger partial charge is 0.312 e. The van der Waals surface area contributed by atoms with Crippen LogP contribution in [0.5, 0.6) is 5.75 Å². The van der Waals surface area contributed by atoms with Gasteiger partial charge in [0.2, 0.25) is 0 Å². The first-order valence-electron chi connectivity index (χ1n) is 8.07. The summed E-state index contributed by atoms with van der Waals surface area (Å²) >= 11 is 1.35. The normalized spacial score (nSPS) is 27.3. The van der Waals surface area contributed by atoms with Gasteiger partial charge in [-0.3, -0.25) is 19.2 Å². The van der Waals surface area contributed by atoms with Crippen molar-refractivity contribution in [2.75, 3.05) is 26.0 Å². The van der Waals surface area contributed by atoms with Gasteiger partial charge in [-0.1, -0.05) is 18.2 Å². The fourth-order valence-electron chi connectivity index (χ4n) is 2.99. The number of hydrogen-bond acceptors (Lipinski definition) is 6. The number of ether oxygens (including phenoxy) is 1. The van der Waals surface area contributed by atoms with Gasteiger partial charge in [-0.25, -0.2) is 5.06 Å². The zero-order chi connectivity index (χ0) is 18.9. The molecular formula is C17H20N2O6S. The Labute approximate surface area is 155 Å². The molecule has 1 N–H and O–H groups in total. The summed E-state index contributed by atoms with van der Waals surface area (Å²) in [5.41, 5.74) is -0.986. The summed E-state index contributed by atoms with van der Waals surface area (Å²) in [5, 5.41) is 10.1. The molecule has 2 amide bonds. The molecule has 0 radical (unpaired) electrons. The zero-order valence-corrected chi connectivity index (χ0v) is 15.3. The van der Waals surface area contributed by atoms with E-state index < -0.39 is 23.3 Å². The largest absolute Gasteiger partial charge is 0.484 e. The molecule has 0 aromatic heterocycles. The Balaban J connectivity index is 1.63. The highest BCUT2D eigenvalue weighted by molar-refractivity contribution is 8.00. The van der Waals surface area contributed by atoms with Crippen LogP contribution in [0.4, 0.5) is 0 Å². The Kier molecular flexibility index (Phi) is 5.10. The van der Waals surface area contributed by atoms with Crippen molar-refractivity contribution in [1.82, 2.24) is 9.96 Å². The summed E-state index contributed by atoms with van der Waals surface area (Å²) in [5.74, 6) is -0.816. The number of nitrogens with zero attached hydrogens (tertiary/aromatic N) is 2. The Hall–Kier alpha value is -2.26. The molecule has 2 aliphatic rings. The molecule has 2 heterocycles. The molecule has 26 heavy (non-hydrogen) atoms. The molecule has 0 bridgehead atoms. The first kappa shape index (κ1) is 18.5. The third kappa shape index (κ3) is 3.24. The van der Waals surface area contributed by atoms with E-state index in [-0.39, 0.29) is 24.4 Å². The lowest BCUT2D eigenvalue weighted by Crippen LogP contribution is -2.74. The van der Waals surface area contributed by atoms with Crippen LogP contribution in [0.25, 0.3) is 0 Å². The summed E-state index contributed by atoms with van der Waals surface area (Å²) in [4.78, 5) is 43.0. The van der Waals surface area contributed by atoms with E-state index >= 15 is 0 Å². The van der Waals surface area contributed by atoms with Crippen molar-refractivity contribution < 1.29 is 29.1 Å². The van der Waals surface area contributed by atoms with Gasteiger partial charge in [0.1, 0.15) is 11.1 Å². The van der Waals surface area contributed by atoms with E-state index in [1.807, 2.05) is 6.07 Å². The highest BCUT2D eigenvalue weighted by Gasteiger charge is 2.58. The lowest BCUT2D eigenvalue weighted by molar-refractivity contribution is -0.213. The number of rotatable bonds is 6. The van der Waals surface area contributed by atoms with E-state index in [0.717, 1.165) is 5.06 Å². The lowest BCUT2D eigenvalue weighted by atomic mass is 9.89. The first-order valence-corrected chi connectivity index (χ1v) is 9.12. The van der Waals surface area contributed by atoms with Crippen LogP contribution in [-0.2, 0) is 19.2 Å². The number of carboxylic acids is 1. The molecule has 140 valence electrons. The van der Waals surface area contributed by atoms with Crippen molar-refractivity contribution in [3.8, 4) is 5.75 Å². The summed E-state index contributed by atoms with van der Waals surface area (Å²) in [6.45, 7) is 1.49. The Morgan fingerprint density at radius 1 is 1.38 bits per heavy atom. The minimum Gasteiger partial charge on any atom is -0.484 e. The maximum Gasteiger partial charge on any atom is 0.312 e. The second-order valence-electron chi connectivity index (χ2n) is 6.48. The number of benzene rings is 1. The summed E-state index contributed by atoms with van der Waals surface area (Å²) in [6.07, 6.45) is 0. The van der Waals surface area contributed by atoms with E-state index in [9.17, 15) is 19.5 Å². The summed E-state index contributed by atoms with van der Waals surface area (Å²) in [6, 6.07) is 8.10. The molecule has 0 spiro atoms. The predicted octanol–water partition coefficient (Wildman–Crippen LogP) is 0.830. The van der Waals surface area contributed by atoms with Gasteiger partial charge >= 0.3 is 5.97 Å². The lowest BCUT2D eigenvalue weighted by Gasteiger charge is -2.54. The molecule has 0 saturated carbocycles. The third-order valence-electron chi connectivity index (χ3n) is 4.52. The van der Waals surface area contributed by atoms with Crippen LogP contribution in [0, 0.1) is 5.41 Å². The summed E-state index contributed by atoms with van der Waals surface area (Å²) < 4.78 is 5.42.